The maximum absolute atomic E-state index is 12.4. The summed E-state index contributed by atoms with van der Waals surface area (Å²) in [5.41, 5.74) is -0.0133. The molecule has 3 fully saturated rings. The van der Waals surface area contributed by atoms with E-state index in [-0.39, 0.29) is 17.0 Å². The third-order valence-electron chi connectivity index (χ3n) is 4.91. The molecule has 2 unspecified atom stereocenters. The van der Waals surface area contributed by atoms with Gasteiger partial charge >= 0.3 is 0 Å². The highest BCUT2D eigenvalue weighted by Gasteiger charge is 2.45. The fourth-order valence-electron chi connectivity index (χ4n) is 3.69. The molecule has 2 saturated heterocycles. The van der Waals surface area contributed by atoms with Crippen LogP contribution in [0.25, 0.3) is 0 Å². The smallest absolute Gasteiger partial charge is 0.260 e. The van der Waals surface area contributed by atoms with Gasteiger partial charge in [0.1, 0.15) is 5.56 Å². The number of aromatic nitrogens is 1. The van der Waals surface area contributed by atoms with Gasteiger partial charge in [0.2, 0.25) is 0 Å². The van der Waals surface area contributed by atoms with Gasteiger partial charge in [-0.1, -0.05) is 0 Å². The van der Waals surface area contributed by atoms with E-state index in [9.17, 15) is 9.59 Å². The first-order chi connectivity index (χ1) is 9.72. The number of likely N-dealkylation sites (tertiary alicyclic amines) is 2. The van der Waals surface area contributed by atoms with E-state index < -0.39 is 0 Å². The third-order valence-corrected chi connectivity index (χ3v) is 4.91. The number of aromatic amines is 1. The van der Waals surface area contributed by atoms with Crippen LogP contribution in [0.3, 0.4) is 0 Å². The van der Waals surface area contributed by atoms with Gasteiger partial charge in [-0.2, -0.15) is 0 Å². The molecule has 1 saturated carbocycles. The number of pyridine rings is 1. The summed E-state index contributed by atoms with van der Waals surface area (Å²) < 4.78 is 0. The van der Waals surface area contributed by atoms with E-state index in [1.165, 1.54) is 12.8 Å². The summed E-state index contributed by atoms with van der Waals surface area (Å²) in [6.07, 6.45) is 4.26. The van der Waals surface area contributed by atoms with Crippen LogP contribution >= 0.6 is 0 Å². The lowest BCUT2D eigenvalue weighted by Gasteiger charge is -2.21. The van der Waals surface area contributed by atoms with Crippen molar-refractivity contribution in [1.82, 2.24) is 14.8 Å². The van der Waals surface area contributed by atoms with Crippen LogP contribution < -0.4 is 5.56 Å². The number of H-pyrrole nitrogens is 1. The Balaban J connectivity index is 1.46. The van der Waals surface area contributed by atoms with Gasteiger partial charge in [-0.15, -0.1) is 0 Å². The topological polar surface area (TPSA) is 56.4 Å². The maximum Gasteiger partial charge on any atom is 0.260 e. The Bertz CT molecular complexity index is 579. The van der Waals surface area contributed by atoms with Crippen molar-refractivity contribution in [3.8, 4) is 0 Å². The number of rotatable bonds is 2. The SMILES string of the molecule is O=C(c1ccc[nH]c1=O)N1CC2CN(C3CC3)CC2C1. The quantitative estimate of drug-likeness (QED) is 0.855. The van der Waals surface area contributed by atoms with Gasteiger partial charge < -0.3 is 9.88 Å². The van der Waals surface area contributed by atoms with Crippen molar-refractivity contribution in [2.75, 3.05) is 26.2 Å². The standard InChI is InChI=1S/C15H19N3O2/c19-14-13(2-1-5-16-14)15(20)18-8-10-6-17(12-3-4-12)7-11(10)9-18/h1-2,5,10-12H,3-4,6-9H2,(H,16,19). The minimum atomic E-state index is -0.283. The number of carbonyl (C=O) groups excluding carboxylic acids is 1. The molecule has 1 aromatic rings. The highest BCUT2D eigenvalue weighted by molar-refractivity contribution is 5.94. The molecular formula is C15H19N3O2. The second-order valence-electron chi connectivity index (χ2n) is 6.33. The van der Waals surface area contributed by atoms with Crippen molar-refractivity contribution in [3.05, 3.63) is 34.2 Å². The number of nitrogens with one attached hydrogen (secondary N) is 1. The summed E-state index contributed by atoms with van der Waals surface area (Å²) >= 11 is 0. The van der Waals surface area contributed by atoms with Crippen LogP contribution in [0, 0.1) is 11.8 Å². The van der Waals surface area contributed by atoms with Gasteiger partial charge in [-0.25, -0.2) is 0 Å². The Kier molecular flexibility index (Phi) is 2.70. The van der Waals surface area contributed by atoms with E-state index in [0.717, 1.165) is 32.2 Å². The Morgan fingerprint density at radius 1 is 1.15 bits per heavy atom. The van der Waals surface area contributed by atoms with Crippen molar-refractivity contribution in [2.24, 2.45) is 11.8 Å². The van der Waals surface area contributed by atoms with Crippen LogP contribution in [0.2, 0.25) is 0 Å². The monoisotopic (exact) mass is 273 g/mol. The molecule has 1 N–H and O–H groups in total. The molecular weight excluding hydrogens is 254 g/mol. The molecule has 0 spiro atoms. The van der Waals surface area contributed by atoms with E-state index in [2.05, 4.69) is 9.88 Å². The molecule has 0 aromatic carbocycles. The molecule has 1 aromatic heterocycles. The fraction of sp³-hybridized carbons (Fsp3) is 0.600. The van der Waals surface area contributed by atoms with Crippen LogP contribution in [0.4, 0.5) is 0 Å². The second-order valence-corrected chi connectivity index (χ2v) is 6.33. The van der Waals surface area contributed by atoms with Crippen LogP contribution in [0.1, 0.15) is 23.2 Å². The minimum absolute atomic E-state index is 0.112. The first kappa shape index (κ1) is 12.1. The lowest BCUT2D eigenvalue weighted by molar-refractivity contribution is 0.0771. The maximum atomic E-state index is 12.4. The summed E-state index contributed by atoms with van der Waals surface area (Å²) in [4.78, 5) is 31.1. The van der Waals surface area contributed by atoms with Crippen molar-refractivity contribution in [3.63, 3.8) is 0 Å². The zero-order valence-electron chi connectivity index (χ0n) is 11.4. The van der Waals surface area contributed by atoms with Crippen molar-refractivity contribution < 1.29 is 4.79 Å². The predicted molar refractivity (Wildman–Crippen MR) is 74.5 cm³/mol. The number of hydrogen-bond acceptors (Lipinski definition) is 3. The first-order valence-corrected chi connectivity index (χ1v) is 7.43. The van der Waals surface area contributed by atoms with Gasteiger partial charge in [-0.05, 0) is 36.8 Å². The summed E-state index contributed by atoms with van der Waals surface area (Å²) in [7, 11) is 0. The largest absolute Gasteiger partial charge is 0.338 e. The molecule has 1 amide bonds. The molecule has 2 atom stereocenters. The molecule has 2 aliphatic heterocycles. The summed E-state index contributed by atoms with van der Waals surface area (Å²) in [5.74, 6) is 1.09. The molecule has 4 rings (SSSR count). The number of fused-ring (bicyclic) bond motifs is 1. The van der Waals surface area contributed by atoms with E-state index in [4.69, 9.17) is 0 Å². The molecule has 5 heteroatoms. The molecule has 0 bridgehead atoms. The molecule has 3 heterocycles. The highest BCUT2D eigenvalue weighted by Crippen LogP contribution is 2.37. The van der Waals surface area contributed by atoms with E-state index in [1.807, 2.05) is 4.90 Å². The van der Waals surface area contributed by atoms with Crippen LogP contribution in [-0.4, -0.2) is 52.9 Å². The third kappa shape index (κ3) is 1.97. The number of amides is 1. The van der Waals surface area contributed by atoms with Crippen LogP contribution in [-0.2, 0) is 0 Å². The second kappa shape index (κ2) is 4.45. The van der Waals surface area contributed by atoms with Gasteiger partial charge in [0.15, 0.2) is 0 Å². The normalized spacial score (nSPS) is 29.7. The van der Waals surface area contributed by atoms with Gasteiger partial charge in [0.25, 0.3) is 11.5 Å². The van der Waals surface area contributed by atoms with Crippen molar-refractivity contribution in [1.29, 1.82) is 0 Å². The number of nitrogens with zero attached hydrogens (tertiary/aromatic N) is 2. The van der Waals surface area contributed by atoms with Crippen molar-refractivity contribution >= 4 is 5.91 Å². The van der Waals surface area contributed by atoms with E-state index >= 15 is 0 Å². The average molecular weight is 273 g/mol. The Hall–Kier alpha value is -1.62. The molecule has 5 nitrogen and oxygen atoms in total. The van der Waals surface area contributed by atoms with E-state index in [0.29, 0.717) is 11.8 Å². The van der Waals surface area contributed by atoms with Crippen LogP contribution in [0.5, 0.6) is 0 Å². The molecule has 106 valence electrons. The van der Waals surface area contributed by atoms with Crippen molar-refractivity contribution in [2.45, 2.75) is 18.9 Å². The Morgan fingerprint density at radius 2 is 1.85 bits per heavy atom. The molecule has 3 aliphatic rings. The Morgan fingerprint density at radius 3 is 2.45 bits per heavy atom. The van der Waals surface area contributed by atoms with Gasteiger partial charge in [-0.3, -0.25) is 14.5 Å². The lowest BCUT2D eigenvalue weighted by atomic mass is 10.0. The van der Waals surface area contributed by atoms with Gasteiger partial charge in [0, 0.05) is 38.4 Å². The average Bonchev–Trinajstić information content (AvgIpc) is 3.09. The highest BCUT2D eigenvalue weighted by atomic mass is 16.2. The fourth-order valence-corrected chi connectivity index (χ4v) is 3.69. The Labute approximate surface area is 117 Å². The number of hydrogen-bond donors (Lipinski definition) is 1. The minimum Gasteiger partial charge on any atom is -0.338 e. The molecule has 20 heavy (non-hydrogen) atoms. The summed E-state index contributed by atoms with van der Waals surface area (Å²) in [6, 6.07) is 4.15. The lowest BCUT2D eigenvalue weighted by Crippen LogP contribution is -2.36. The predicted octanol–water partition coefficient (Wildman–Crippen LogP) is 0.541. The first-order valence-electron chi connectivity index (χ1n) is 7.43. The zero-order chi connectivity index (χ0) is 13.7. The van der Waals surface area contributed by atoms with Crippen LogP contribution in [0.15, 0.2) is 23.1 Å². The number of carbonyl (C=O) groups is 1. The van der Waals surface area contributed by atoms with E-state index in [1.54, 1.807) is 18.3 Å². The molecule has 0 radical (unpaired) electrons. The summed E-state index contributed by atoms with van der Waals surface area (Å²) in [5, 5.41) is 0. The summed E-state index contributed by atoms with van der Waals surface area (Å²) in [6.45, 7) is 3.87. The van der Waals surface area contributed by atoms with Gasteiger partial charge in [0.05, 0.1) is 0 Å². The zero-order valence-corrected chi connectivity index (χ0v) is 11.4. The molecule has 1 aliphatic carbocycles.